The van der Waals surface area contributed by atoms with Crippen LogP contribution in [0.2, 0.25) is 0 Å². The molecule has 4 nitrogen and oxygen atoms in total. The van der Waals surface area contributed by atoms with Gasteiger partial charge in [-0.1, -0.05) is 43.5 Å². The molecule has 0 radical (unpaired) electrons. The highest BCUT2D eigenvalue weighted by Crippen LogP contribution is 2.27. The first-order valence-corrected chi connectivity index (χ1v) is 8.01. The van der Waals surface area contributed by atoms with Crippen molar-refractivity contribution in [2.24, 2.45) is 0 Å². The third-order valence-corrected chi connectivity index (χ3v) is 5.05. The van der Waals surface area contributed by atoms with Crippen molar-refractivity contribution >= 4 is 6.03 Å². The largest absolute Gasteiger partial charge is 0.336 e. The molecule has 1 aromatic rings. The van der Waals surface area contributed by atoms with Gasteiger partial charge in [-0.25, -0.2) is 4.79 Å². The summed E-state index contributed by atoms with van der Waals surface area (Å²) in [5.74, 6) is 0. The summed E-state index contributed by atoms with van der Waals surface area (Å²) >= 11 is 0. The molecule has 1 aliphatic carbocycles. The Morgan fingerprint density at radius 3 is 2.33 bits per heavy atom. The van der Waals surface area contributed by atoms with Crippen LogP contribution in [-0.4, -0.2) is 30.1 Å². The number of hydrogen-bond acceptors (Lipinski definition) is 2. The summed E-state index contributed by atoms with van der Waals surface area (Å²) in [6.45, 7) is 2.19. The number of rotatable bonds is 3. The zero-order chi connectivity index (χ0) is 14.7. The van der Waals surface area contributed by atoms with Gasteiger partial charge in [0.05, 0.1) is 0 Å². The van der Waals surface area contributed by atoms with E-state index in [1.165, 1.54) is 30.4 Å². The van der Waals surface area contributed by atoms with Crippen molar-refractivity contribution in [2.75, 3.05) is 13.6 Å². The van der Waals surface area contributed by atoms with E-state index >= 15 is 0 Å². The van der Waals surface area contributed by atoms with Crippen LogP contribution in [0, 0.1) is 0 Å². The average Bonchev–Trinajstić information content (AvgIpc) is 2.97. The lowest BCUT2D eigenvalue weighted by molar-refractivity contribution is 0.185. The van der Waals surface area contributed by atoms with Gasteiger partial charge < -0.3 is 15.5 Å². The van der Waals surface area contributed by atoms with Crippen LogP contribution in [0.1, 0.15) is 43.2 Å². The number of benzene rings is 1. The first-order chi connectivity index (χ1) is 10.2. The van der Waals surface area contributed by atoms with Crippen LogP contribution in [0.15, 0.2) is 24.3 Å². The van der Waals surface area contributed by atoms with Crippen LogP contribution in [0.3, 0.4) is 0 Å². The van der Waals surface area contributed by atoms with E-state index in [2.05, 4.69) is 22.8 Å². The van der Waals surface area contributed by atoms with E-state index in [9.17, 15) is 4.79 Å². The Bertz CT molecular complexity index is 484. The molecular formula is C17H25N3O. The van der Waals surface area contributed by atoms with Crippen molar-refractivity contribution in [2.45, 2.75) is 50.7 Å². The first kappa shape index (κ1) is 14.4. The molecule has 0 saturated heterocycles. The summed E-state index contributed by atoms with van der Waals surface area (Å²) in [4.78, 5) is 14.3. The highest BCUT2D eigenvalue weighted by molar-refractivity contribution is 5.75. The van der Waals surface area contributed by atoms with Crippen LogP contribution in [0.4, 0.5) is 4.79 Å². The van der Waals surface area contributed by atoms with E-state index in [1.54, 1.807) is 0 Å². The minimum absolute atomic E-state index is 0.0615. The molecule has 0 spiro atoms. The van der Waals surface area contributed by atoms with Crippen LogP contribution < -0.4 is 10.6 Å². The first-order valence-electron chi connectivity index (χ1n) is 8.01. The molecule has 3 rings (SSSR count). The fourth-order valence-corrected chi connectivity index (χ4v) is 3.58. The van der Waals surface area contributed by atoms with E-state index in [0.717, 1.165) is 32.5 Å². The number of nitrogens with one attached hydrogen (secondary N) is 2. The van der Waals surface area contributed by atoms with Crippen LogP contribution >= 0.6 is 0 Å². The zero-order valence-electron chi connectivity index (χ0n) is 12.8. The number of hydrogen-bond donors (Lipinski definition) is 2. The predicted octanol–water partition coefficient (Wildman–Crippen LogP) is 2.63. The quantitative estimate of drug-likeness (QED) is 0.897. The molecule has 0 unspecified atom stereocenters. The fourth-order valence-electron chi connectivity index (χ4n) is 3.58. The summed E-state index contributed by atoms with van der Waals surface area (Å²) < 4.78 is 0. The number of amides is 2. The Morgan fingerprint density at radius 1 is 1.14 bits per heavy atom. The molecule has 0 bridgehead atoms. The molecule has 0 atom stereocenters. The second-order valence-electron chi connectivity index (χ2n) is 6.37. The monoisotopic (exact) mass is 287 g/mol. The maximum atomic E-state index is 12.4. The van der Waals surface area contributed by atoms with Gasteiger partial charge in [-0.2, -0.15) is 0 Å². The van der Waals surface area contributed by atoms with Gasteiger partial charge >= 0.3 is 6.03 Å². The molecule has 1 heterocycles. The molecule has 4 heteroatoms. The van der Waals surface area contributed by atoms with E-state index in [1.807, 2.05) is 24.1 Å². The molecule has 1 saturated carbocycles. The van der Waals surface area contributed by atoms with E-state index in [-0.39, 0.29) is 11.6 Å². The van der Waals surface area contributed by atoms with E-state index < -0.39 is 0 Å². The lowest BCUT2D eigenvalue weighted by Crippen LogP contribution is -2.54. The van der Waals surface area contributed by atoms with E-state index in [0.29, 0.717) is 0 Å². The standard InChI is InChI=1S/C17H25N3O/c1-18-17(9-5-2-6-10-17)13-19-16(21)20-11-14-7-3-4-8-15(14)12-20/h3-4,7-8,18H,2,5-6,9-13H2,1H3,(H,19,21). The van der Waals surface area contributed by atoms with Gasteiger partial charge in [-0.05, 0) is 31.0 Å². The van der Waals surface area contributed by atoms with Crippen molar-refractivity contribution in [1.29, 1.82) is 0 Å². The minimum Gasteiger partial charge on any atom is -0.336 e. The Balaban J connectivity index is 1.55. The van der Waals surface area contributed by atoms with Crippen LogP contribution in [0.25, 0.3) is 0 Å². The molecule has 2 aliphatic rings. The molecule has 2 N–H and O–H groups in total. The Labute approximate surface area is 126 Å². The summed E-state index contributed by atoms with van der Waals surface area (Å²) in [6, 6.07) is 8.36. The Kier molecular flexibility index (Phi) is 4.15. The maximum Gasteiger partial charge on any atom is 0.318 e. The number of carbonyl (C=O) groups is 1. The number of nitrogens with zero attached hydrogens (tertiary/aromatic N) is 1. The molecule has 0 aromatic heterocycles. The highest BCUT2D eigenvalue weighted by Gasteiger charge is 2.31. The summed E-state index contributed by atoms with van der Waals surface area (Å²) in [5, 5.41) is 6.59. The smallest absolute Gasteiger partial charge is 0.318 e. The second-order valence-corrected chi connectivity index (χ2v) is 6.37. The van der Waals surface area contributed by atoms with Gasteiger partial charge in [0.25, 0.3) is 0 Å². The summed E-state index contributed by atoms with van der Waals surface area (Å²) in [5.41, 5.74) is 2.64. The van der Waals surface area contributed by atoms with Crippen molar-refractivity contribution in [1.82, 2.24) is 15.5 Å². The molecule has 1 aromatic carbocycles. The van der Waals surface area contributed by atoms with Crippen molar-refractivity contribution in [3.63, 3.8) is 0 Å². The van der Waals surface area contributed by atoms with Gasteiger partial charge in [0, 0.05) is 25.2 Å². The normalized spacial score (nSPS) is 20.1. The number of likely N-dealkylation sites (N-methyl/N-ethyl adjacent to an activating group) is 1. The summed E-state index contributed by atoms with van der Waals surface area (Å²) in [6.07, 6.45) is 6.14. The Hall–Kier alpha value is -1.55. The van der Waals surface area contributed by atoms with E-state index in [4.69, 9.17) is 0 Å². The average molecular weight is 287 g/mol. The fraction of sp³-hybridized carbons (Fsp3) is 0.588. The lowest BCUT2D eigenvalue weighted by Gasteiger charge is -2.37. The summed E-state index contributed by atoms with van der Waals surface area (Å²) in [7, 11) is 2.02. The SMILES string of the molecule is CNC1(CNC(=O)N2Cc3ccccc3C2)CCCCC1. The van der Waals surface area contributed by atoms with Gasteiger partial charge in [0.1, 0.15) is 0 Å². The van der Waals surface area contributed by atoms with Gasteiger partial charge in [-0.15, -0.1) is 0 Å². The second kappa shape index (κ2) is 6.06. The molecule has 21 heavy (non-hydrogen) atoms. The molecule has 2 amide bonds. The number of fused-ring (bicyclic) bond motifs is 1. The third-order valence-electron chi connectivity index (χ3n) is 5.05. The van der Waals surface area contributed by atoms with Gasteiger partial charge in [0.15, 0.2) is 0 Å². The molecule has 114 valence electrons. The van der Waals surface area contributed by atoms with Crippen molar-refractivity contribution < 1.29 is 4.79 Å². The van der Waals surface area contributed by atoms with Crippen molar-refractivity contribution in [3.8, 4) is 0 Å². The number of urea groups is 1. The molecule has 1 fully saturated rings. The zero-order valence-corrected chi connectivity index (χ0v) is 12.8. The topological polar surface area (TPSA) is 44.4 Å². The molecular weight excluding hydrogens is 262 g/mol. The predicted molar refractivity (Wildman–Crippen MR) is 84.0 cm³/mol. The highest BCUT2D eigenvalue weighted by atomic mass is 16.2. The molecule has 1 aliphatic heterocycles. The lowest BCUT2D eigenvalue weighted by atomic mass is 9.82. The Morgan fingerprint density at radius 2 is 1.76 bits per heavy atom. The van der Waals surface area contributed by atoms with Crippen LogP contribution in [0.5, 0.6) is 0 Å². The third kappa shape index (κ3) is 3.05. The maximum absolute atomic E-state index is 12.4. The van der Waals surface area contributed by atoms with Crippen LogP contribution in [-0.2, 0) is 13.1 Å². The van der Waals surface area contributed by atoms with Crippen molar-refractivity contribution in [3.05, 3.63) is 35.4 Å². The number of carbonyl (C=O) groups excluding carboxylic acids is 1. The minimum atomic E-state index is 0.0615. The van der Waals surface area contributed by atoms with Gasteiger partial charge in [0.2, 0.25) is 0 Å². The van der Waals surface area contributed by atoms with Gasteiger partial charge in [-0.3, -0.25) is 0 Å².